The summed E-state index contributed by atoms with van der Waals surface area (Å²) in [5, 5.41) is 0. The Balaban J connectivity index is 1.51. The minimum atomic E-state index is 0.0157. The van der Waals surface area contributed by atoms with E-state index in [2.05, 4.69) is 28.9 Å². The molecule has 0 unspecified atom stereocenters. The van der Waals surface area contributed by atoms with Gasteiger partial charge in [0.15, 0.2) is 0 Å². The monoisotopic (exact) mass is 330 g/mol. The van der Waals surface area contributed by atoms with Crippen LogP contribution < -0.4 is 0 Å². The molecule has 0 bridgehead atoms. The van der Waals surface area contributed by atoms with Gasteiger partial charge < -0.3 is 9.64 Å². The van der Waals surface area contributed by atoms with Crippen LogP contribution >= 0.6 is 0 Å². The summed E-state index contributed by atoms with van der Waals surface area (Å²) in [5.74, 6) is 1.06. The molecule has 2 aliphatic rings. The summed E-state index contributed by atoms with van der Waals surface area (Å²) < 4.78 is 5.42. The van der Waals surface area contributed by atoms with Crippen LogP contribution in [0.5, 0.6) is 0 Å². The Morgan fingerprint density at radius 2 is 1.79 bits per heavy atom. The van der Waals surface area contributed by atoms with Crippen LogP contribution in [0.3, 0.4) is 0 Å². The van der Waals surface area contributed by atoms with Crippen molar-refractivity contribution in [1.29, 1.82) is 0 Å². The van der Waals surface area contributed by atoms with Crippen LogP contribution in [0.2, 0.25) is 0 Å². The molecule has 132 valence electrons. The smallest absolute Gasteiger partial charge is 0.230 e. The molecule has 1 amide bonds. The number of benzene rings is 1. The number of piperidine rings is 1. The molecule has 0 aromatic heterocycles. The standard InChI is InChI=1S/C20H30N2O2/c1-2-19(18-6-4-3-5-7-18)20(23)22-10-8-17(9-11-22)16-21-12-14-24-15-13-21/h3-7,17,19H,2,8-16H2,1H3/t19-/m0/s1. The molecule has 2 saturated heterocycles. The van der Waals surface area contributed by atoms with Crippen molar-refractivity contribution < 1.29 is 9.53 Å². The van der Waals surface area contributed by atoms with Gasteiger partial charge in [0.2, 0.25) is 5.91 Å². The van der Waals surface area contributed by atoms with E-state index >= 15 is 0 Å². The lowest BCUT2D eigenvalue weighted by molar-refractivity contribution is -0.134. The molecule has 4 nitrogen and oxygen atoms in total. The Bertz CT molecular complexity index is 506. The molecule has 4 heteroatoms. The molecule has 0 N–H and O–H groups in total. The number of likely N-dealkylation sites (tertiary alicyclic amines) is 1. The van der Waals surface area contributed by atoms with E-state index in [0.29, 0.717) is 5.91 Å². The number of nitrogens with zero attached hydrogens (tertiary/aromatic N) is 2. The Kier molecular flexibility index (Phi) is 6.27. The van der Waals surface area contributed by atoms with Crippen LogP contribution in [0.15, 0.2) is 30.3 Å². The summed E-state index contributed by atoms with van der Waals surface area (Å²) in [6.45, 7) is 8.96. The lowest BCUT2D eigenvalue weighted by atomic mass is 9.91. The zero-order valence-corrected chi connectivity index (χ0v) is 14.8. The molecule has 24 heavy (non-hydrogen) atoms. The molecular formula is C20H30N2O2. The summed E-state index contributed by atoms with van der Waals surface area (Å²) >= 11 is 0. The maximum atomic E-state index is 12.9. The predicted octanol–water partition coefficient (Wildman–Crippen LogP) is 2.75. The van der Waals surface area contributed by atoms with Crippen molar-refractivity contribution in [2.24, 2.45) is 5.92 Å². The van der Waals surface area contributed by atoms with Crippen molar-refractivity contribution in [1.82, 2.24) is 9.80 Å². The van der Waals surface area contributed by atoms with Gasteiger partial charge in [0.25, 0.3) is 0 Å². The summed E-state index contributed by atoms with van der Waals surface area (Å²) in [5.41, 5.74) is 1.15. The fraction of sp³-hybridized carbons (Fsp3) is 0.650. The molecule has 0 aliphatic carbocycles. The Hall–Kier alpha value is -1.39. The number of morpholine rings is 1. The van der Waals surface area contributed by atoms with Crippen LogP contribution in [0.25, 0.3) is 0 Å². The van der Waals surface area contributed by atoms with Crippen molar-refractivity contribution in [2.45, 2.75) is 32.1 Å². The van der Waals surface area contributed by atoms with Gasteiger partial charge >= 0.3 is 0 Å². The molecule has 0 saturated carbocycles. The lowest BCUT2D eigenvalue weighted by Crippen LogP contribution is -2.45. The maximum Gasteiger partial charge on any atom is 0.230 e. The van der Waals surface area contributed by atoms with E-state index in [0.717, 1.165) is 70.1 Å². The minimum Gasteiger partial charge on any atom is -0.379 e. The highest BCUT2D eigenvalue weighted by Crippen LogP contribution is 2.26. The van der Waals surface area contributed by atoms with Crippen LogP contribution in [0.4, 0.5) is 0 Å². The molecule has 3 rings (SSSR count). The van der Waals surface area contributed by atoms with E-state index in [1.165, 1.54) is 6.54 Å². The van der Waals surface area contributed by atoms with Gasteiger partial charge in [-0.2, -0.15) is 0 Å². The second-order valence-corrected chi connectivity index (χ2v) is 7.05. The van der Waals surface area contributed by atoms with Crippen LogP contribution in [-0.4, -0.2) is 61.6 Å². The summed E-state index contributed by atoms with van der Waals surface area (Å²) in [7, 11) is 0. The number of hydrogen-bond donors (Lipinski definition) is 0. The van der Waals surface area contributed by atoms with Crippen molar-refractivity contribution in [3.8, 4) is 0 Å². The lowest BCUT2D eigenvalue weighted by Gasteiger charge is -2.37. The molecule has 2 fully saturated rings. The number of carbonyl (C=O) groups is 1. The normalized spacial score (nSPS) is 21.6. The fourth-order valence-corrected chi connectivity index (χ4v) is 3.94. The molecule has 2 aliphatic heterocycles. The highest BCUT2D eigenvalue weighted by Gasteiger charge is 2.29. The first-order chi connectivity index (χ1) is 11.8. The summed E-state index contributed by atoms with van der Waals surface area (Å²) in [4.78, 5) is 17.5. The van der Waals surface area contributed by atoms with E-state index in [1.54, 1.807) is 0 Å². The van der Waals surface area contributed by atoms with Gasteiger partial charge in [0, 0.05) is 32.7 Å². The number of carbonyl (C=O) groups excluding carboxylic acids is 1. The molecule has 1 aromatic rings. The average Bonchev–Trinajstić information content (AvgIpc) is 2.65. The van der Waals surface area contributed by atoms with E-state index in [1.807, 2.05) is 18.2 Å². The average molecular weight is 330 g/mol. The summed E-state index contributed by atoms with van der Waals surface area (Å²) in [6.07, 6.45) is 3.14. The molecule has 0 radical (unpaired) electrons. The Morgan fingerprint density at radius 1 is 1.12 bits per heavy atom. The van der Waals surface area contributed by atoms with Gasteiger partial charge in [-0.05, 0) is 30.7 Å². The number of rotatable bonds is 5. The second-order valence-electron chi connectivity index (χ2n) is 7.05. The van der Waals surface area contributed by atoms with Crippen LogP contribution in [-0.2, 0) is 9.53 Å². The third kappa shape index (κ3) is 4.37. The van der Waals surface area contributed by atoms with E-state index < -0.39 is 0 Å². The number of hydrogen-bond acceptors (Lipinski definition) is 3. The van der Waals surface area contributed by atoms with Crippen molar-refractivity contribution in [3.05, 3.63) is 35.9 Å². The zero-order valence-electron chi connectivity index (χ0n) is 14.8. The largest absolute Gasteiger partial charge is 0.379 e. The van der Waals surface area contributed by atoms with Gasteiger partial charge in [-0.1, -0.05) is 37.3 Å². The third-order valence-corrected chi connectivity index (χ3v) is 5.45. The maximum absolute atomic E-state index is 12.9. The first kappa shape index (κ1) is 17.4. The molecule has 0 spiro atoms. The second kappa shape index (κ2) is 8.63. The van der Waals surface area contributed by atoms with Gasteiger partial charge in [0.05, 0.1) is 19.1 Å². The topological polar surface area (TPSA) is 32.8 Å². The highest BCUT2D eigenvalue weighted by atomic mass is 16.5. The highest BCUT2D eigenvalue weighted by molar-refractivity contribution is 5.83. The van der Waals surface area contributed by atoms with E-state index in [9.17, 15) is 4.79 Å². The molecular weight excluding hydrogens is 300 g/mol. The number of amides is 1. The zero-order chi connectivity index (χ0) is 16.8. The van der Waals surface area contributed by atoms with Gasteiger partial charge in [0.1, 0.15) is 0 Å². The third-order valence-electron chi connectivity index (χ3n) is 5.45. The molecule has 1 atom stereocenters. The van der Waals surface area contributed by atoms with Gasteiger partial charge in [-0.15, -0.1) is 0 Å². The van der Waals surface area contributed by atoms with Gasteiger partial charge in [-0.25, -0.2) is 0 Å². The Morgan fingerprint density at radius 3 is 2.42 bits per heavy atom. The Labute approximate surface area is 145 Å². The first-order valence-electron chi connectivity index (χ1n) is 9.41. The molecule has 2 heterocycles. The van der Waals surface area contributed by atoms with Crippen LogP contribution in [0.1, 0.15) is 37.7 Å². The van der Waals surface area contributed by atoms with Crippen molar-refractivity contribution in [3.63, 3.8) is 0 Å². The van der Waals surface area contributed by atoms with Crippen LogP contribution in [0, 0.1) is 5.92 Å². The van der Waals surface area contributed by atoms with E-state index in [4.69, 9.17) is 4.74 Å². The SMILES string of the molecule is CC[C@H](C(=O)N1CCC(CN2CCOCC2)CC1)c1ccccc1. The quantitative estimate of drug-likeness (QED) is 0.832. The first-order valence-corrected chi connectivity index (χ1v) is 9.41. The number of ether oxygens (including phenoxy) is 1. The van der Waals surface area contributed by atoms with Crippen molar-refractivity contribution in [2.75, 3.05) is 45.9 Å². The van der Waals surface area contributed by atoms with Gasteiger partial charge in [-0.3, -0.25) is 9.69 Å². The minimum absolute atomic E-state index is 0.0157. The van der Waals surface area contributed by atoms with Crippen molar-refractivity contribution >= 4 is 5.91 Å². The predicted molar refractivity (Wildman–Crippen MR) is 96.0 cm³/mol. The fourth-order valence-electron chi connectivity index (χ4n) is 3.94. The summed E-state index contributed by atoms with van der Waals surface area (Å²) in [6, 6.07) is 10.2. The van der Waals surface area contributed by atoms with E-state index in [-0.39, 0.29) is 5.92 Å². The molecule has 1 aromatic carbocycles.